The van der Waals surface area contributed by atoms with E-state index in [-0.39, 0.29) is 11.2 Å². The molecule has 0 radical (unpaired) electrons. The third kappa shape index (κ3) is 2.89. The van der Waals surface area contributed by atoms with Gasteiger partial charge >= 0.3 is 0 Å². The lowest BCUT2D eigenvalue weighted by Gasteiger charge is -2.19. The number of rotatable bonds is 3. The molecule has 2 aromatic rings. The molecule has 1 heterocycles. The lowest BCUT2D eigenvalue weighted by molar-refractivity contribution is -0.116. The van der Waals surface area contributed by atoms with Crippen LogP contribution < -0.4 is 0 Å². The van der Waals surface area contributed by atoms with Crippen molar-refractivity contribution < 1.29 is 4.79 Å². The predicted molar refractivity (Wildman–Crippen MR) is 80.6 cm³/mol. The molecule has 0 amide bonds. The van der Waals surface area contributed by atoms with Gasteiger partial charge < -0.3 is 9.36 Å². The van der Waals surface area contributed by atoms with Gasteiger partial charge in [0.1, 0.15) is 5.78 Å². The van der Waals surface area contributed by atoms with Gasteiger partial charge in [-0.1, -0.05) is 26.8 Å². The van der Waals surface area contributed by atoms with Crippen molar-refractivity contribution in [3.8, 4) is 0 Å². The minimum absolute atomic E-state index is 0.155. The number of carbonyl (C=O) groups is 1. The van der Waals surface area contributed by atoms with E-state index in [2.05, 4.69) is 56.8 Å². The third-order valence-electron chi connectivity index (χ3n) is 3.68. The average molecular weight is 257 g/mol. The van der Waals surface area contributed by atoms with Crippen molar-refractivity contribution in [1.29, 1.82) is 0 Å². The molecule has 0 bridgehead atoms. The van der Waals surface area contributed by atoms with Crippen LogP contribution in [0.2, 0.25) is 0 Å². The molecule has 0 unspecified atom stereocenters. The van der Waals surface area contributed by atoms with Crippen LogP contribution in [-0.4, -0.2) is 10.4 Å². The number of benzene rings is 1. The summed E-state index contributed by atoms with van der Waals surface area (Å²) in [5, 5.41) is 1.29. The number of fused-ring (bicyclic) bond motifs is 1. The van der Waals surface area contributed by atoms with Crippen LogP contribution in [0.4, 0.5) is 0 Å². The van der Waals surface area contributed by atoms with E-state index in [4.69, 9.17) is 0 Å². The smallest absolute Gasteiger partial charge is 0.130 e. The van der Waals surface area contributed by atoms with Crippen molar-refractivity contribution in [3.05, 3.63) is 35.5 Å². The SMILES string of the molecule is CC(=O)CCc1cn(C)c2ccc(C(C)(C)C)cc12. The fraction of sp³-hybridized carbons (Fsp3) is 0.471. The van der Waals surface area contributed by atoms with Crippen LogP contribution in [0.3, 0.4) is 0 Å². The molecule has 0 saturated carbocycles. The van der Waals surface area contributed by atoms with Crippen molar-refractivity contribution in [1.82, 2.24) is 4.57 Å². The first-order valence-electron chi connectivity index (χ1n) is 6.87. The van der Waals surface area contributed by atoms with Crippen LogP contribution >= 0.6 is 0 Å². The van der Waals surface area contributed by atoms with E-state index in [0.29, 0.717) is 6.42 Å². The zero-order valence-electron chi connectivity index (χ0n) is 12.6. The first-order chi connectivity index (χ1) is 8.79. The van der Waals surface area contributed by atoms with Gasteiger partial charge in [0.25, 0.3) is 0 Å². The largest absolute Gasteiger partial charge is 0.350 e. The van der Waals surface area contributed by atoms with E-state index in [1.54, 1.807) is 6.92 Å². The van der Waals surface area contributed by atoms with Crippen LogP contribution in [0.1, 0.15) is 45.2 Å². The first kappa shape index (κ1) is 13.9. The summed E-state index contributed by atoms with van der Waals surface area (Å²) < 4.78 is 2.15. The Morgan fingerprint density at radius 2 is 1.95 bits per heavy atom. The van der Waals surface area contributed by atoms with Crippen LogP contribution in [0.5, 0.6) is 0 Å². The summed E-state index contributed by atoms with van der Waals surface area (Å²) in [6.45, 7) is 8.34. The maximum Gasteiger partial charge on any atom is 0.130 e. The Balaban J connectivity index is 2.49. The molecule has 1 aromatic carbocycles. The van der Waals surface area contributed by atoms with E-state index in [9.17, 15) is 4.79 Å². The number of nitrogens with zero attached hydrogens (tertiary/aromatic N) is 1. The lowest BCUT2D eigenvalue weighted by atomic mass is 9.86. The normalized spacial score (nSPS) is 12.1. The Labute approximate surface area is 115 Å². The second kappa shape index (κ2) is 4.84. The fourth-order valence-electron chi connectivity index (χ4n) is 2.45. The Morgan fingerprint density at radius 3 is 2.53 bits per heavy atom. The summed E-state index contributed by atoms with van der Waals surface area (Å²) in [7, 11) is 2.07. The average Bonchev–Trinajstić information content (AvgIpc) is 2.62. The number of Topliss-reactive ketones (excluding diaryl/α,β-unsaturated/α-hetero) is 1. The van der Waals surface area contributed by atoms with Gasteiger partial charge in [0, 0.05) is 30.6 Å². The minimum Gasteiger partial charge on any atom is -0.350 e. The zero-order valence-corrected chi connectivity index (χ0v) is 12.6. The summed E-state index contributed by atoms with van der Waals surface area (Å²) >= 11 is 0. The highest BCUT2D eigenvalue weighted by molar-refractivity contribution is 5.85. The van der Waals surface area contributed by atoms with Crippen molar-refractivity contribution in [3.63, 3.8) is 0 Å². The van der Waals surface area contributed by atoms with Gasteiger partial charge in [-0.15, -0.1) is 0 Å². The Morgan fingerprint density at radius 1 is 1.26 bits per heavy atom. The van der Waals surface area contributed by atoms with E-state index >= 15 is 0 Å². The molecule has 0 aliphatic carbocycles. The molecule has 0 fully saturated rings. The standard InChI is InChI=1S/C17H23NO/c1-12(19)6-7-13-11-18(5)16-9-8-14(10-15(13)16)17(2,3)4/h8-11H,6-7H2,1-5H3. The second-order valence-electron chi connectivity index (χ2n) is 6.45. The summed E-state index contributed by atoms with van der Waals surface area (Å²) in [4.78, 5) is 11.2. The van der Waals surface area contributed by atoms with Crippen LogP contribution in [0.15, 0.2) is 24.4 Å². The highest BCUT2D eigenvalue weighted by atomic mass is 16.1. The first-order valence-corrected chi connectivity index (χ1v) is 6.87. The van der Waals surface area contributed by atoms with Crippen LogP contribution in [0, 0.1) is 0 Å². The van der Waals surface area contributed by atoms with E-state index in [0.717, 1.165) is 6.42 Å². The molecule has 0 saturated heterocycles. The summed E-state index contributed by atoms with van der Waals surface area (Å²) in [6.07, 6.45) is 3.61. The maximum atomic E-state index is 11.2. The number of aryl methyl sites for hydroxylation is 2. The Kier molecular flexibility index (Phi) is 3.53. The maximum absolute atomic E-state index is 11.2. The summed E-state index contributed by atoms with van der Waals surface area (Å²) in [6, 6.07) is 6.68. The molecule has 102 valence electrons. The van der Waals surface area contributed by atoms with Gasteiger partial charge in [0.15, 0.2) is 0 Å². The number of ketones is 1. The molecular formula is C17H23NO. The van der Waals surface area contributed by atoms with Gasteiger partial charge in [0.05, 0.1) is 0 Å². The molecule has 19 heavy (non-hydrogen) atoms. The van der Waals surface area contributed by atoms with Crippen molar-refractivity contribution in [2.75, 3.05) is 0 Å². The summed E-state index contributed by atoms with van der Waals surface area (Å²) in [5.74, 6) is 0.254. The molecule has 0 spiro atoms. The Bertz CT molecular complexity index is 614. The molecule has 0 aliphatic rings. The van der Waals surface area contributed by atoms with Gasteiger partial charge in [-0.3, -0.25) is 0 Å². The van der Waals surface area contributed by atoms with Crippen molar-refractivity contribution in [2.45, 2.75) is 46.0 Å². The highest BCUT2D eigenvalue weighted by Gasteiger charge is 2.16. The molecule has 0 atom stereocenters. The third-order valence-corrected chi connectivity index (χ3v) is 3.68. The minimum atomic E-state index is 0.155. The molecule has 2 nitrogen and oxygen atoms in total. The molecule has 0 aliphatic heterocycles. The van der Waals surface area contributed by atoms with Gasteiger partial charge in [-0.2, -0.15) is 0 Å². The molecule has 2 rings (SSSR count). The van der Waals surface area contributed by atoms with E-state index < -0.39 is 0 Å². The van der Waals surface area contributed by atoms with Crippen molar-refractivity contribution in [2.24, 2.45) is 7.05 Å². The fourth-order valence-corrected chi connectivity index (χ4v) is 2.45. The zero-order chi connectivity index (χ0) is 14.2. The second-order valence-corrected chi connectivity index (χ2v) is 6.45. The molecule has 2 heteroatoms. The highest BCUT2D eigenvalue weighted by Crippen LogP contribution is 2.29. The monoisotopic (exact) mass is 257 g/mol. The number of hydrogen-bond acceptors (Lipinski definition) is 1. The number of hydrogen-bond donors (Lipinski definition) is 0. The van der Waals surface area contributed by atoms with Crippen LogP contribution in [-0.2, 0) is 23.7 Å². The summed E-state index contributed by atoms with van der Waals surface area (Å²) in [5.41, 5.74) is 4.02. The van der Waals surface area contributed by atoms with Crippen molar-refractivity contribution >= 4 is 16.7 Å². The molecule has 1 aromatic heterocycles. The molecular weight excluding hydrogens is 234 g/mol. The van der Waals surface area contributed by atoms with E-state index in [1.807, 2.05) is 0 Å². The van der Waals surface area contributed by atoms with Crippen LogP contribution in [0.25, 0.3) is 10.9 Å². The lowest BCUT2D eigenvalue weighted by Crippen LogP contribution is -2.10. The molecule has 0 N–H and O–H groups in total. The number of carbonyl (C=O) groups excluding carboxylic acids is 1. The van der Waals surface area contributed by atoms with Gasteiger partial charge in [-0.25, -0.2) is 0 Å². The Hall–Kier alpha value is -1.57. The van der Waals surface area contributed by atoms with Gasteiger partial charge in [0.2, 0.25) is 0 Å². The van der Waals surface area contributed by atoms with E-state index in [1.165, 1.54) is 22.0 Å². The predicted octanol–water partition coefficient (Wildman–Crippen LogP) is 4.00. The topological polar surface area (TPSA) is 22.0 Å². The quantitative estimate of drug-likeness (QED) is 0.814. The van der Waals surface area contributed by atoms with Gasteiger partial charge in [-0.05, 0) is 42.0 Å². The number of aromatic nitrogens is 1.